The van der Waals surface area contributed by atoms with Crippen LogP contribution in [-0.4, -0.2) is 41.6 Å². The fourth-order valence-electron chi connectivity index (χ4n) is 2.76. The number of aromatic carboxylic acids is 1. The molecule has 1 aliphatic heterocycles. The number of rotatable bonds is 5. The van der Waals surface area contributed by atoms with Gasteiger partial charge in [-0.15, -0.1) is 0 Å². The zero-order chi connectivity index (χ0) is 16.9. The number of ether oxygens (including phenoxy) is 1. The third-order valence-electron chi connectivity index (χ3n) is 4.16. The van der Waals surface area contributed by atoms with Gasteiger partial charge >= 0.3 is 5.97 Å². The molecule has 0 spiro atoms. The lowest BCUT2D eigenvalue weighted by atomic mass is 10.1. The van der Waals surface area contributed by atoms with E-state index in [-0.39, 0.29) is 17.6 Å². The summed E-state index contributed by atoms with van der Waals surface area (Å²) in [5.74, 6) is -0.828. The Labute approximate surface area is 144 Å². The maximum absolute atomic E-state index is 12.4. The topological polar surface area (TPSA) is 66.8 Å². The number of morpholine rings is 1. The summed E-state index contributed by atoms with van der Waals surface area (Å²) in [7, 11) is 0. The van der Waals surface area contributed by atoms with Crippen molar-refractivity contribution < 1.29 is 19.4 Å². The largest absolute Gasteiger partial charge is 0.478 e. The number of hydrogen-bond acceptors (Lipinski definition) is 4. The summed E-state index contributed by atoms with van der Waals surface area (Å²) in [5, 5.41) is 13.0. The molecule has 0 aliphatic carbocycles. The second kappa shape index (κ2) is 7.59. The first kappa shape index (κ1) is 16.7. The minimum Gasteiger partial charge on any atom is -0.478 e. The van der Waals surface area contributed by atoms with Gasteiger partial charge in [-0.1, -0.05) is 12.1 Å². The van der Waals surface area contributed by atoms with Crippen LogP contribution in [0.5, 0.6) is 0 Å². The first-order chi connectivity index (χ1) is 11.6. The van der Waals surface area contributed by atoms with Crippen LogP contribution in [0.1, 0.15) is 34.0 Å². The second-order valence-corrected chi connectivity index (χ2v) is 6.54. The molecular formula is C18H19NO4S. The zero-order valence-corrected chi connectivity index (χ0v) is 14.0. The summed E-state index contributed by atoms with van der Waals surface area (Å²) < 4.78 is 5.76. The van der Waals surface area contributed by atoms with E-state index in [1.54, 1.807) is 35.6 Å². The van der Waals surface area contributed by atoms with Crippen molar-refractivity contribution in [2.24, 2.45) is 0 Å². The van der Waals surface area contributed by atoms with E-state index in [1.165, 1.54) is 0 Å². The summed E-state index contributed by atoms with van der Waals surface area (Å²) in [6.07, 6.45) is 0.992. The molecule has 3 rings (SSSR count). The van der Waals surface area contributed by atoms with Gasteiger partial charge in [0.25, 0.3) is 0 Å². The number of carboxylic acids is 1. The fourth-order valence-corrected chi connectivity index (χ4v) is 3.46. The van der Waals surface area contributed by atoms with Gasteiger partial charge in [0.2, 0.25) is 5.91 Å². The molecule has 1 fully saturated rings. The maximum atomic E-state index is 12.4. The number of aryl methyl sites for hydroxylation is 1. The highest BCUT2D eigenvalue weighted by atomic mass is 32.1. The fraction of sp³-hybridized carbons (Fsp3) is 0.333. The van der Waals surface area contributed by atoms with Crippen LogP contribution in [0.15, 0.2) is 41.1 Å². The van der Waals surface area contributed by atoms with Crippen molar-refractivity contribution in [3.05, 3.63) is 57.8 Å². The average Bonchev–Trinajstić information content (AvgIpc) is 3.15. The molecule has 6 heteroatoms. The standard InChI is InChI=1S/C18H19NO4S/c20-17(6-3-13-1-4-14(5-2-13)18(21)22)19-8-9-23-16(11-19)15-7-10-24-12-15/h1-2,4-5,7,10,12,16H,3,6,8-9,11H2,(H,21,22)/t16-/m1/s1. The number of thiophene rings is 1. The van der Waals surface area contributed by atoms with E-state index >= 15 is 0 Å². The van der Waals surface area contributed by atoms with Gasteiger partial charge in [0.1, 0.15) is 6.10 Å². The molecule has 1 N–H and O–H groups in total. The SMILES string of the molecule is O=C(O)c1ccc(CCC(=O)N2CCO[C@@H](c3ccsc3)C2)cc1. The average molecular weight is 345 g/mol. The Morgan fingerprint density at radius 2 is 2.04 bits per heavy atom. The van der Waals surface area contributed by atoms with E-state index in [9.17, 15) is 9.59 Å². The maximum Gasteiger partial charge on any atom is 0.335 e. The third-order valence-corrected chi connectivity index (χ3v) is 4.86. The van der Waals surface area contributed by atoms with Gasteiger partial charge in [-0.25, -0.2) is 4.79 Å². The van der Waals surface area contributed by atoms with E-state index in [1.807, 2.05) is 16.3 Å². The molecule has 1 amide bonds. The highest BCUT2D eigenvalue weighted by Crippen LogP contribution is 2.24. The van der Waals surface area contributed by atoms with Crippen LogP contribution in [0.25, 0.3) is 0 Å². The number of amides is 1. The van der Waals surface area contributed by atoms with Crippen LogP contribution in [0.3, 0.4) is 0 Å². The number of carbonyl (C=O) groups is 2. The molecule has 0 bridgehead atoms. The van der Waals surface area contributed by atoms with E-state index in [2.05, 4.69) is 5.38 Å². The lowest BCUT2D eigenvalue weighted by Gasteiger charge is -2.33. The number of carboxylic acid groups (broad SMARTS) is 1. The molecule has 2 heterocycles. The van der Waals surface area contributed by atoms with Gasteiger partial charge in [0, 0.05) is 13.0 Å². The van der Waals surface area contributed by atoms with Crippen LogP contribution in [0, 0.1) is 0 Å². The first-order valence-corrected chi connectivity index (χ1v) is 8.81. The molecule has 24 heavy (non-hydrogen) atoms. The van der Waals surface area contributed by atoms with E-state index in [0.717, 1.165) is 11.1 Å². The summed E-state index contributed by atoms with van der Waals surface area (Å²) in [6.45, 7) is 1.77. The second-order valence-electron chi connectivity index (χ2n) is 5.76. The summed E-state index contributed by atoms with van der Waals surface area (Å²) in [5.41, 5.74) is 2.36. The highest BCUT2D eigenvalue weighted by molar-refractivity contribution is 7.07. The lowest BCUT2D eigenvalue weighted by Crippen LogP contribution is -2.42. The molecule has 1 aromatic heterocycles. The summed E-state index contributed by atoms with van der Waals surface area (Å²) in [4.78, 5) is 25.1. The van der Waals surface area contributed by atoms with Crippen molar-refractivity contribution in [3.63, 3.8) is 0 Å². The smallest absolute Gasteiger partial charge is 0.335 e. The lowest BCUT2D eigenvalue weighted by molar-refractivity contribution is -0.139. The Morgan fingerprint density at radius 1 is 1.25 bits per heavy atom. The van der Waals surface area contributed by atoms with Crippen molar-refractivity contribution in [3.8, 4) is 0 Å². The Morgan fingerprint density at radius 3 is 2.71 bits per heavy atom. The Kier molecular flexibility index (Phi) is 5.27. The predicted octanol–water partition coefficient (Wildman–Crippen LogP) is 2.98. The number of hydrogen-bond donors (Lipinski definition) is 1. The van der Waals surface area contributed by atoms with Gasteiger partial charge in [-0.2, -0.15) is 11.3 Å². The molecule has 0 unspecified atom stereocenters. The van der Waals surface area contributed by atoms with Crippen molar-refractivity contribution >= 4 is 23.2 Å². The van der Waals surface area contributed by atoms with Crippen LogP contribution >= 0.6 is 11.3 Å². The number of nitrogens with zero attached hydrogens (tertiary/aromatic N) is 1. The normalized spacial score (nSPS) is 17.7. The Balaban J connectivity index is 1.53. The highest BCUT2D eigenvalue weighted by Gasteiger charge is 2.25. The first-order valence-electron chi connectivity index (χ1n) is 7.87. The van der Waals surface area contributed by atoms with Gasteiger partial charge in [0.15, 0.2) is 0 Å². The monoisotopic (exact) mass is 345 g/mol. The Bertz CT molecular complexity index is 696. The molecule has 1 aliphatic rings. The Hall–Kier alpha value is -2.18. The van der Waals surface area contributed by atoms with Gasteiger partial charge < -0.3 is 14.7 Å². The molecule has 2 aromatic rings. The molecule has 1 atom stereocenters. The molecule has 126 valence electrons. The minimum absolute atomic E-state index is 0.0381. The van der Waals surface area contributed by atoms with Crippen LogP contribution < -0.4 is 0 Å². The summed E-state index contributed by atoms with van der Waals surface area (Å²) in [6, 6.07) is 8.72. The van der Waals surface area contributed by atoms with Gasteiger partial charge in [-0.3, -0.25) is 4.79 Å². The third kappa shape index (κ3) is 4.01. The van der Waals surface area contributed by atoms with Gasteiger partial charge in [-0.05, 0) is 46.5 Å². The van der Waals surface area contributed by atoms with Gasteiger partial charge in [0.05, 0.1) is 18.7 Å². The number of carbonyl (C=O) groups excluding carboxylic acids is 1. The van der Waals surface area contributed by atoms with Crippen molar-refractivity contribution in [1.29, 1.82) is 0 Å². The van der Waals surface area contributed by atoms with Crippen LogP contribution in [-0.2, 0) is 16.0 Å². The number of benzene rings is 1. The molecule has 1 saturated heterocycles. The van der Waals surface area contributed by atoms with E-state index in [0.29, 0.717) is 32.5 Å². The van der Waals surface area contributed by atoms with Crippen molar-refractivity contribution in [2.75, 3.05) is 19.7 Å². The summed E-state index contributed by atoms with van der Waals surface area (Å²) >= 11 is 1.63. The molecule has 0 saturated carbocycles. The van der Waals surface area contributed by atoms with E-state index < -0.39 is 5.97 Å². The van der Waals surface area contributed by atoms with Crippen molar-refractivity contribution in [2.45, 2.75) is 18.9 Å². The molecular weight excluding hydrogens is 326 g/mol. The zero-order valence-electron chi connectivity index (χ0n) is 13.2. The van der Waals surface area contributed by atoms with E-state index in [4.69, 9.17) is 9.84 Å². The minimum atomic E-state index is -0.939. The molecule has 1 aromatic carbocycles. The van der Waals surface area contributed by atoms with Crippen LogP contribution in [0.2, 0.25) is 0 Å². The quantitative estimate of drug-likeness (QED) is 0.905. The van der Waals surface area contributed by atoms with Crippen LogP contribution in [0.4, 0.5) is 0 Å². The predicted molar refractivity (Wildman–Crippen MR) is 91.3 cm³/mol. The molecule has 5 nitrogen and oxygen atoms in total. The van der Waals surface area contributed by atoms with Crippen molar-refractivity contribution in [1.82, 2.24) is 4.90 Å². The molecule has 0 radical (unpaired) electrons.